The number of nitriles is 1. The molecule has 0 spiro atoms. The van der Waals surface area contributed by atoms with E-state index in [0.717, 1.165) is 17.2 Å². The Labute approximate surface area is 359 Å². The van der Waals surface area contributed by atoms with Gasteiger partial charge in [0.25, 0.3) is 11.5 Å². The lowest BCUT2D eigenvalue weighted by molar-refractivity contribution is -0.0592. The number of phosphoric acid groups is 1. The highest BCUT2D eigenvalue weighted by Crippen LogP contribution is 2.55. The number of amides is 1. The average molecular weight is 934 g/mol. The predicted molar refractivity (Wildman–Crippen MR) is 219 cm³/mol. The van der Waals surface area contributed by atoms with E-state index in [1.165, 1.54) is 17.2 Å². The second-order valence-electron chi connectivity index (χ2n) is 15.9. The standard InChI is InChI=1S/C36H43FN10O13P2Si/c1-36(2,3)63(4,5)60-27-22(57-35(28(27)58-61(51)52)47-18-43-24-29(39-16-40-30(24)47)45-32(49)20-10-7-6-8-11-20)15-55-62(53,54-13-9-12-38)59-26-21(14-48)56-34(23(26)37)46-19-44-25-31(46)41-17-42-33(25)50/h6-8,10-11,16-19,21-23,26-28,34-35,48H,9,13-15H2,1-5H3,(H2-,39,40,41,42,45,49,50,51,52)/p+1/t21?,22?,23-,26-,27-,28-,34?,35?,62?/m1/s1. The van der Waals surface area contributed by atoms with Crippen LogP contribution in [0.2, 0.25) is 18.1 Å². The minimum Gasteiger partial charge on any atom is -0.408 e. The van der Waals surface area contributed by atoms with Crippen LogP contribution in [0.3, 0.4) is 0 Å². The van der Waals surface area contributed by atoms with E-state index in [1.54, 1.807) is 30.3 Å². The summed E-state index contributed by atoms with van der Waals surface area (Å²) in [5.41, 5.74) is -0.153. The largest absolute Gasteiger partial charge is 0.695 e. The van der Waals surface area contributed by atoms with Crippen LogP contribution in [0.25, 0.3) is 22.3 Å². The molecule has 2 aliphatic heterocycles. The average Bonchev–Trinajstić information content (AvgIpc) is 4.02. The van der Waals surface area contributed by atoms with Crippen molar-refractivity contribution in [3.05, 3.63) is 71.6 Å². The number of H-pyrrole nitrogens is 1. The molecule has 0 aliphatic carbocycles. The number of aliphatic hydroxyl groups is 1. The van der Waals surface area contributed by atoms with E-state index in [1.807, 2.05) is 39.9 Å². The zero-order chi connectivity index (χ0) is 45.3. The quantitative estimate of drug-likeness (QED) is 0.0577. The Balaban J connectivity index is 1.20. The maximum Gasteiger partial charge on any atom is 0.695 e. The number of phosphoric ester groups is 1. The number of rotatable bonds is 17. The van der Waals surface area contributed by atoms with Crippen molar-refractivity contribution in [1.82, 2.24) is 39.0 Å². The molecule has 4 N–H and O–H groups in total. The Bertz CT molecular complexity index is 2610. The van der Waals surface area contributed by atoms with Crippen molar-refractivity contribution >= 4 is 58.4 Å². The van der Waals surface area contributed by atoms with Crippen LogP contribution in [0.1, 0.15) is 50.0 Å². The van der Waals surface area contributed by atoms with Crippen LogP contribution in [0.15, 0.2) is 60.4 Å². The lowest BCUT2D eigenvalue weighted by Crippen LogP contribution is -2.50. The molecule has 2 saturated heterocycles. The first-order chi connectivity index (χ1) is 29.9. The molecular weight excluding hydrogens is 889 g/mol. The smallest absolute Gasteiger partial charge is 0.408 e. The summed E-state index contributed by atoms with van der Waals surface area (Å²) in [6, 6.07) is 10.2. The number of aromatic nitrogens is 8. The number of aromatic amines is 1. The van der Waals surface area contributed by atoms with E-state index in [0.29, 0.717) is 5.56 Å². The Kier molecular flexibility index (Phi) is 13.7. The van der Waals surface area contributed by atoms with Crippen LogP contribution in [0, 0.1) is 11.3 Å². The number of alkyl halides is 1. The second-order valence-corrected chi connectivity index (χ2v) is 22.9. The van der Waals surface area contributed by atoms with Crippen molar-refractivity contribution in [1.29, 1.82) is 5.26 Å². The van der Waals surface area contributed by atoms with Gasteiger partial charge in [-0.05, 0) is 30.3 Å². The van der Waals surface area contributed by atoms with Crippen LogP contribution < -0.4 is 10.9 Å². The van der Waals surface area contributed by atoms with Crippen molar-refractivity contribution in [2.24, 2.45) is 0 Å². The van der Waals surface area contributed by atoms with E-state index in [-0.39, 0.29) is 34.6 Å². The number of halogens is 1. The molecule has 0 saturated carbocycles. The van der Waals surface area contributed by atoms with Gasteiger partial charge in [0.2, 0.25) is 0 Å². The van der Waals surface area contributed by atoms with Gasteiger partial charge in [-0.15, -0.1) is 9.42 Å². The minimum atomic E-state index is -4.95. The number of aliphatic hydroxyl groups excluding tert-OH is 1. The number of ether oxygens (including phenoxy) is 2. The Morgan fingerprint density at radius 3 is 2.38 bits per heavy atom. The topological polar surface area (TPSA) is 299 Å². The molecule has 1 aromatic carbocycles. The highest BCUT2D eigenvalue weighted by atomic mass is 31.2. The maximum atomic E-state index is 16.4. The van der Waals surface area contributed by atoms with Gasteiger partial charge in [0, 0.05) is 10.1 Å². The highest BCUT2D eigenvalue weighted by molar-refractivity contribution is 7.48. The van der Waals surface area contributed by atoms with Crippen molar-refractivity contribution in [2.45, 2.75) is 94.5 Å². The van der Waals surface area contributed by atoms with Crippen LogP contribution in [0.4, 0.5) is 10.2 Å². The van der Waals surface area contributed by atoms with Gasteiger partial charge in [0.15, 0.2) is 61.2 Å². The number of carbonyl (C=O) groups excluding carboxylic acids is 1. The zero-order valence-electron chi connectivity index (χ0n) is 34.4. The minimum absolute atomic E-state index is 0.0409. The number of hydrogen-bond acceptors (Lipinski definition) is 18. The van der Waals surface area contributed by atoms with Gasteiger partial charge in [0.05, 0.1) is 51.3 Å². The van der Waals surface area contributed by atoms with E-state index >= 15 is 4.39 Å². The van der Waals surface area contributed by atoms with Gasteiger partial charge in [-0.1, -0.05) is 39.0 Å². The van der Waals surface area contributed by atoms with Gasteiger partial charge in [-0.25, -0.2) is 33.9 Å². The summed E-state index contributed by atoms with van der Waals surface area (Å²) < 4.78 is 87.7. The molecule has 0 radical (unpaired) electrons. The van der Waals surface area contributed by atoms with Crippen molar-refractivity contribution in [3.8, 4) is 6.07 Å². The molecule has 2 aliphatic rings. The molecule has 7 rings (SSSR count). The summed E-state index contributed by atoms with van der Waals surface area (Å²) >= 11 is 0. The number of nitrogens with one attached hydrogen (secondary N) is 2. The van der Waals surface area contributed by atoms with Crippen LogP contribution in [-0.2, 0) is 41.1 Å². The van der Waals surface area contributed by atoms with Gasteiger partial charge >= 0.3 is 16.1 Å². The van der Waals surface area contributed by atoms with E-state index in [2.05, 4.69) is 35.2 Å². The van der Waals surface area contributed by atoms with E-state index < -0.39 is 110 Å². The Hall–Kier alpha value is -4.80. The molecule has 6 heterocycles. The first kappa shape index (κ1) is 46.2. The SMILES string of the molecule is CC(C)(C)[Si](C)(C)O[C@@H]1C(COP(=O)(OCCC#N)O[C@@H]2C(CO)OC(n3cnc4c(=O)[nH]cnc43)[C@@H]2F)OC(n2cnc3c(NC(=O)c4ccccc4)ncnc32)[C@@H]1O[P+](=O)O. The summed E-state index contributed by atoms with van der Waals surface area (Å²) in [5.74, 6) is -0.424. The summed E-state index contributed by atoms with van der Waals surface area (Å²) in [6.07, 6.45) is -7.86. The molecule has 4 aromatic heterocycles. The molecule has 336 valence electrons. The third kappa shape index (κ3) is 9.68. The van der Waals surface area contributed by atoms with Crippen molar-refractivity contribution < 1.29 is 60.3 Å². The predicted octanol–water partition coefficient (Wildman–Crippen LogP) is 4.20. The summed E-state index contributed by atoms with van der Waals surface area (Å²) in [5, 5.41) is 21.8. The number of hydrogen-bond donors (Lipinski definition) is 4. The van der Waals surface area contributed by atoms with Gasteiger partial charge < -0.3 is 29.3 Å². The van der Waals surface area contributed by atoms with Crippen molar-refractivity contribution in [2.75, 3.05) is 25.1 Å². The normalized spacial score (nSPS) is 25.3. The van der Waals surface area contributed by atoms with Crippen LogP contribution in [-0.4, -0.2) is 120 Å². The van der Waals surface area contributed by atoms with Gasteiger partial charge in [-0.3, -0.25) is 32.3 Å². The van der Waals surface area contributed by atoms with E-state index in [4.69, 9.17) is 32.0 Å². The molecule has 10 atom stereocenters. The van der Waals surface area contributed by atoms with Crippen LogP contribution in [0.5, 0.6) is 0 Å². The monoisotopic (exact) mass is 933 g/mol. The first-order valence-corrected chi connectivity index (χ1v) is 24.9. The Morgan fingerprint density at radius 1 is 1.02 bits per heavy atom. The number of anilines is 1. The molecule has 27 heteroatoms. The molecule has 23 nitrogen and oxygen atoms in total. The molecular formula is C36H44FN10O13P2Si+. The lowest BCUT2D eigenvalue weighted by Gasteiger charge is -2.39. The van der Waals surface area contributed by atoms with Crippen molar-refractivity contribution in [3.63, 3.8) is 0 Å². The highest BCUT2D eigenvalue weighted by Gasteiger charge is 2.56. The van der Waals surface area contributed by atoms with E-state index in [9.17, 15) is 34.0 Å². The molecule has 2 fully saturated rings. The fourth-order valence-electron chi connectivity index (χ4n) is 6.70. The lowest BCUT2D eigenvalue weighted by atomic mass is 10.1. The molecule has 1 amide bonds. The van der Waals surface area contributed by atoms with Gasteiger partial charge in [0.1, 0.15) is 30.7 Å². The number of nitrogens with zero attached hydrogens (tertiary/aromatic N) is 8. The molecule has 6 unspecified atom stereocenters. The third-order valence-corrected chi connectivity index (χ3v) is 17.2. The van der Waals surface area contributed by atoms with Crippen LogP contribution >= 0.6 is 16.1 Å². The fourth-order valence-corrected chi connectivity index (χ4v) is 9.84. The number of imidazole rings is 2. The summed E-state index contributed by atoms with van der Waals surface area (Å²) in [7, 11) is -11.1. The van der Waals surface area contributed by atoms with Gasteiger partial charge in [-0.2, -0.15) is 5.26 Å². The fraction of sp³-hybridized carbons (Fsp3) is 0.500. The number of benzene rings is 1. The molecule has 0 bridgehead atoms. The maximum absolute atomic E-state index is 16.4. The third-order valence-electron chi connectivity index (χ3n) is 10.8. The zero-order valence-corrected chi connectivity index (χ0v) is 37.2. The Morgan fingerprint density at radius 2 is 1.70 bits per heavy atom. The molecule has 5 aromatic rings. The first-order valence-electron chi connectivity index (χ1n) is 19.4. The second kappa shape index (κ2) is 18.7. The summed E-state index contributed by atoms with van der Waals surface area (Å²) in [4.78, 5) is 58.9. The summed E-state index contributed by atoms with van der Waals surface area (Å²) in [6.45, 7) is 7.68. The number of fused-ring (bicyclic) bond motifs is 2. The number of carbonyl (C=O) groups is 1. The molecule has 63 heavy (non-hydrogen) atoms.